The van der Waals surface area contributed by atoms with E-state index < -0.39 is 15.9 Å². The van der Waals surface area contributed by atoms with Crippen LogP contribution in [0, 0.1) is 5.92 Å². The van der Waals surface area contributed by atoms with E-state index in [2.05, 4.69) is 5.32 Å². The van der Waals surface area contributed by atoms with E-state index in [1.807, 2.05) is 6.92 Å². The van der Waals surface area contributed by atoms with Crippen molar-refractivity contribution >= 4 is 27.5 Å². The molecule has 3 rings (SSSR count). The molecule has 0 radical (unpaired) electrons. The standard InChI is InChI=1S/C21H31N3O5S/c1-16(15-29-2)24-14-17(13-20(24)25)21(26)22-18-7-9-19(10-8-18)30(27,28)23-11-5-3-4-6-12-23/h7-10,16-17H,3-6,11-15H2,1-2H3,(H,22,26). The number of rotatable bonds is 7. The number of amides is 2. The molecule has 1 N–H and O–H groups in total. The number of likely N-dealkylation sites (tertiary alicyclic amines) is 1. The second-order valence-corrected chi connectivity index (χ2v) is 10.0. The minimum Gasteiger partial charge on any atom is -0.383 e. The quantitative estimate of drug-likeness (QED) is 0.705. The zero-order valence-corrected chi connectivity index (χ0v) is 18.5. The highest BCUT2D eigenvalue weighted by molar-refractivity contribution is 7.89. The summed E-state index contributed by atoms with van der Waals surface area (Å²) in [7, 11) is -1.94. The van der Waals surface area contributed by atoms with Crippen LogP contribution in [0.3, 0.4) is 0 Å². The van der Waals surface area contributed by atoms with Gasteiger partial charge in [-0.25, -0.2) is 8.42 Å². The molecule has 2 heterocycles. The van der Waals surface area contributed by atoms with Crippen molar-refractivity contribution in [1.82, 2.24) is 9.21 Å². The molecule has 8 nitrogen and oxygen atoms in total. The molecule has 0 aromatic heterocycles. The zero-order valence-electron chi connectivity index (χ0n) is 17.7. The first-order valence-corrected chi connectivity index (χ1v) is 12.0. The van der Waals surface area contributed by atoms with Gasteiger partial charge in [-0.05, 0) is 44.0 Å². The molecule has 0 saturated carbocycles. The number of anilines is 1. The second kappa shape index (κ2) is 9.89. The smallest absolute Gasteiger partial charge is 0.243 e. The molecule has 0 aliphatic carbocycles. The number of methoxy groups -OCH3 is 1. The van der Waals surface area contributed by atoms with Crippen LogP contribution < -0.4 is 5.32 Å². The van der Waals surface area contributed by atoms with E-state index >= 15 is 0 Å². The van der Waals surface area contributed by atoms with E-state index in [1.54, 1.807) is 28.4 Å². The lowest BCUT2D eigenvalue weighted by atomic mass is 10.1. The third kappa shape index (κ3) is 5.19. The van der Waals surface area contributed by atoms with E-state index in [9.17, 15) is 18.0 Å². The molecule has 2 fully saturated rings. The van der Waals surface area contributed by atoms with E-state index in [4.69, 9.17) is 4.74 Å². The first-order valence-electron chi connectivity index (χ1n) is 10.5. The number of ether oxygens (including phenoxy) is 1. The van der Waals surface area contributed by atoms with Crippen molar-refractivity contribution in [2.75, 3.05) is 38.7 Å². The maximum Gasteiger partial charge on any atom is 0.243 e. The van der Waals surface area contributed by atoms with Gasteiger partial charge in [-0.1, -0.05) is 12.8 Å². The minimum absolute atomic E-state index is 0.0569. The molecule has 2 aliphatic rings. The molecule has 166 valence electrons. The number of carbonyl (C=O) groups excluding carboxylic acids is 2. The van der Waals surface area contributed by atoms with Crippen LogP contribution in [-0.4, -0.2) is 68.8 Å². The predicted octanol–water partition coefficient (Wildman–Crippen LogP) is 2.07. The Morgan fingerprint density at radius 2 is 1.80 bits per heavy atom. The summed E-state index contributed by atoms with van der Waals surface area (Å²) in [5.41, 5.74) is 0.519. The average Bonchev–Trinajstić information content (AvgIpc) is 2.92. The van der Waals surface area contributed by atoms with Gasteiger partial charge < -0.3 is 15.0 Å². The summed E-state index contributed by atoms with van der Waals surface area (Å²) in [5.74, 6) is -0.727. The molecule has 30 heavy (non-hydrogen) atoms. The van der Waals surface area contributed by atoms with E-state index in [0.717, 1.165) is 25.7 Å². The normalized spacial score (nSPS) is 22.0. The highest BCUT2D eigenvalue weighted by Crippen LogP contribution is 2.24. The summed E-state index contributed by atoms with van der Waals surface area (Å²) in [4.78, 5) is 26.7. The summed E-state index contributed by atoms with van der Waals surface area (Å²) >= 11 is 0. The van der Waals surface area contributed by atoms with E-state index in [-0.39, 0.29) is 29.2 Å². The van der Waals surface area contributed by atoms with Crippen molar-refractivity contribution in [2.24, 2.45) is 5.92 Å². The second-order valence-electron chi connectivity index (χ2n) is 8.08. The lowest BCUT2D eigenvalue weighted by Crippen LogP contribution is -2.38. The molecule has 2 atom stereocenters. The first kappa shape index (κ1) is 22.7. The van der Waals surface area contributed by atoms with Crippen LogP contribution in [0.1, 0.15) is 39.0 Å². The fraction of sp³-hybridized carbons (Fsp3) is 0.619. The van der Waals surface area contributed by atoms with Gasteiger partial charge in [0, 0.05) is 38.9 Å². The molecule has 2 aliphatic heterocycles. The summed E-state index contributed by atoms with van der Waals surface area (Å²) < 4.78 is 32.4. The molecule has 2 unspecified atom stereocenters. The van der Waals surface area contributed by atoms with Crippen molar-refractivity contribution in [3.05, 3.63) is 24.3 Å². The Morgan fingerprint density at radius 3 is 2.40 bits per heavy atom. The Labute approximate surface area is 178 Å². The summed E-state index contributed by atoms with van der Waals surface area (Å²) in [6.07, 6.45) is 4.05. The van der Waals surface area contributed by atoms with E-state index in [1.165, 1.54) is 12.1 Å². The molecular formula is C21H31N3O5S. The number of carbonyl (C=O) groups is 2. The molecule has 0 bridgehead atoms. The van der Waals surface area contributed by atoms with Gasteiger partial charge in [0.25, 0.3) is 0 Å². The van der Waals surface area contributed by atoms with Crippen LogP contribution >= 0.6 is 0 Å². The van der Waals surface area contributed by atoms with Crippen molar-refractivity contribution in [2.45, 2.75) is 50.0 Å². The third-order valence-electron chi connectivity index (χ3n) is 5.79. The van der Waals surface area contributed by atoms with Crippen LogP contribution in [0.5, 0.6) is 0 Å². The molecule has 1 aromatic carbocycles. The Kier molecular flexibility index (Phi) is 7.49. The predicted molar refractivity (Wildman–Crippen MR) is 113 cm³/mol. The Bertz CT molecular complexity index is 848. The van der Waals surface area contributed by atoms with Gasteiger partial charge >= 0.3 is 0 Å². The third-order valence-corrected chi connectivity index (χ3v) is 7.71. The maximum absolute atomic E-state index is 12.9. The van der Waals surface area contributed by atoms with E-state index in [0.29, 0.717) is 31.9 Å². The SMILES string of the molecule is COCC(C)N1CC(C(=O)Nc2ccc(S(=O)(=O)N3CCCCCC3)cc2)CC1=O. The molecule has 2 amide bonds. The number of sulfonamides is 1. The maximum atomic E-state index is 12.9. The van der Waals surface area contributed by atoms with Crippen molar-refractivity contribution in [3.8, 4) is 0 Å². The first-order chi connectivity index (χ1) is 14.3. The summed E-state index contributed by atoms with van der Waals surface area (Å²) in [6.45, 7) is 3.78. The van der Waals surface area contributed by atoms with Crippen molar-refractivity contribution in [1.29, 1.82) is 0 Å². The van der Waals surface area contributed by atoms with Gasteiger partial charge in [0.2, 0.25) is 21.8 Å². The number of benzene rings is 1. The molecule has 2 saturated heterocycles. The lowest BCUT2D eigenvalue weighted by molar-refractivity contribution is -0.130. The zero-order chi connectivity index (χ0) is 21.7. The molecule has 1 aromatic rings. The molecular weight excluding hydrogens is 406 g/mol. The van der Waals surface area contributed by atoms with Gasteiger partial charge in [0.1, 0.15) is 0 Å². The van der Waals surface area contributed by atoms with Gasteiger partial charge in [-0.3, -0.25) is 9.59 Å². The van der Waals surface area contributed by atoms with Crippen LogP contribution in [-0.2, 0) is 24.3 Å². The van der Waals surface area contributed by atoms with Crippen LogP contribution in [0.2, 0.25) is 0 Å². The average molecular weight is 438 g/mol. The van der Waals surface area contributed by atoms with Gasteiger partial charge in [-0.2, -0.15) is 4.31 Å². The summed E-state index contributed by atoms with van der Waals surface area (Å²) in [6, 6.07) is 6.18. The highest BCUT2D eigenvalue weighted by Gasteiger charge is 2.36. The van der Waals surface area contributed by atoms with Crippen molar-refractivity contribution in [3.63, 3.8) is 0 Å². The number of nitrogens with one attached hydrogen (secondary N) is 1. The fourth-order valence-electron chi connectivity index (χ4n) is 4.05. The minimum atomic E-state index is -3.52. The molecule has 9 heteroatoms. The fourth-order valence-corrected chi connectivity index (χ4v) is 5.57. The van der Waals surface area contributed by atoms with Gasteiger partial charge in [-0.15, -0.1) is 0 Å². The number of nitrogens with zero attached hydrogens (tertiary/aromatic N) is 2. The number of hydrogen-bond acceptors (Lipinski definition) is 5. The summed E-state index contributed by atoms with van der Waals surface area (Å²) in [5, 5.41) is 2.81. The van der Waals surface area contributed by atoms with Crippen molar-refractivity contribution < 1.29 is 22.7 Å². The van der Waals surface area contributed by atoms with Gasteiger partial charge in [0.05, 0.1) is 23.5 Å². The van der Waals surface area contributed by atoms with Crippen LogP contribution in [0.25, 0.3) is 0 Å². The Balaban J connectivity index is 1.61. The Hall–Kier alpha value is -1.97. The Morgan fingerprint density at radius 1 is 1.17 bits per heavy atom. The highest BCUT2D eigenvalue weighted by atomic mass is 32.2. The molecule has 0 spiro atoms. The topological polar surface area (TPSA) is 96.0 Å². The number of hydrogen-bond donors (Lipinski definition) is 1. The largest absolute Gasteiger partial charge is 0.383 e. The van der Waals surface area contributed by atoms with Crippen LogP contribution in [0.4, 0.5) is 5.69 Å². The lowest BCUT2D eigenvalue weighted by Gasteiger charge is -2.23. The monoisotopic (exact) mass is 437 g/mol. The van der Waals surface area contributed by atoms with Gasteiger partial charge in [0.15, 0.2) is 0 Å². The van der Waals surface area contributed by atoms with Crippen LogP contribution in [0.15, 0.2) is 29.2 Å².